The van der Waals surface area contributed by atoms with Crippen molar-refractivity contribution >= 4 is 22.6 Å². The van der Waals surface area contributed by atoms with Crippen molar-refractivity contribution in [1.82, 2.24) is 19.9 Å². The van der Waals surface area contributed by atoms with Crippen LogP contribution in [-0.4, -0.2) is 51.9 Å². The Hall–Kier alpha value is -3.02. The maximum atomic E-state index is 12.5. The van der Waals surface area contributed by atoms with E-state index in [-0.39, 0.29) is 5.91 Å². The minimum Gasteiger partial charge on any atom is -0.352 e. The molecule has 3 heterocycles. The zero-order valence-electron chi connectivity index (χ0n) is 14.8. The Kier molecular flexibility index (Phi) is 4.48. The summed E-state index contributed by atoms with van der Waals surface area (Å²) in [5.41, 5.74) is 2.96. The summed E-state index contributed by atoms with van der Waals surface area (Å²) < 4.78 is 0. The van der Waals surface area contributed by atoms with E-state index in [9.17, 15) is 4.79 Å². The van der Waals surface area contributed by atoms with Crippen LogP contribution in [-0.2, 0) is 11.2 Å². The Morgan fingerprint density at radius 3 is 2.65 bits per heavy atom. The molecule has 0 atom stereocenters. The minimum atomic E-state index is 0.131. The van der Waals surface area contributed by atoms with Gasteiger partial charge in [0.1, 0.15) is 12.1 Å². The van der Waals surface area contributed by atoms with Crippen LogP contribution in [0.3, 0.4) is 0 Å². The molecular weight excluding hydrogens is 326 g/mol. The van der Waals surface area contributed by atoms with Gasteiger partial charge in [0, 0.05) is 43.5 Å². The highest BCUT2D eigenvalue weighted by Gasteiger charge is 2.23. The Morgan fingerprint density at radius 2 is 1.88 bits per heavy atom. The number of nitrogens with zero attached hydrogens (tertiary/aromatic N) is 5. The molecule has 1 saturated heterocycles. The first kappa shape index (κ1) is 16.4. The number of hydrogen-bond acceptors (Lipinski definition) is 5. The normalized spacial score (nSPS) is 14.7. The average Bonchev–Trinajstić information content (AvgIpc) is 2.68. The van der Waals surface area contributed by atoms with E-state index in [1.165, 1.54) is 5.56 Å². The molecule has 3 aromatic rings. The van der Waals surface area contributed by atoms with Crippen molar-refractivity contribution in [1.29, 1.82) is 0 Å². The molecule has 1 aromatic carbocycles. The smallest absolute Gasteiger partial charge is 0.228 e. The second kappa shape index (κ2) is 7.07. The SMILES string of the molecule is Cc1ccc2ncnc(N3CCN(C(=O)Cc4ccccn4)CC3)c2c1. The lowest BCUT2D eigenvalue weighted by Crippen LogP contribution is -2.49. The molecule has 1 amide bonds. The highest BCUT2D eigenvalue weighted by molar-refractivity contribution is 5.90. The molecule has 1 aliphatic rings. The monoisotopic (exact) mass is 347 g/mol. The van der Waals surface area contributed by atoms with Gasteiger partial charge in [0.25, 0.3) is 0 Å². The van der Waals surface area contributed by atoms with Crippen LogP contribution < -0.4 is 4.90 Å². The molecule has 1 aliphatic heterocycles. The van der Waals surface area contributed by atoms with Gasteiger partial charge in [-0.3, -0.25) is 9.78 Å². The standard InChI is InChI=1S/C20H21N5O/c1-15-5-6-18-17(12-15)20(23-14-22-18)25-10-8-24(9-11-25)19(26)13-16-4-2-3-7-21-16/h2-7,12,14H,8-11,13H2,1H3. The van der Waals surface area contributed by atoms with Crippen molar-refractivity contribution in [2.45, 2.75) is 13.3 Å². The number of rotatable bonds is 3. The molecule has 0 saturated carbocycles. The molecule has 4 rings (SSSR count). The quantitative estimate of drug-likeness (QED) is 0.727. The van der Waals surface area contributed by atoms with Gasteiger partial charge in [-0.25, -0.2) is 9.97 Å². The van der Waals surface area contributed by atoms with Crippen molar-refractivity contribution < 1.29 is 4.79 Å². The number of anilines is 1. The van der Waals surface area contributed by atoms with E-state index in [2.05, 4.69) is 38.9 Å². The Balaban J connectivity index is 1.45. The third-order valence-electron chi connectivity index (χ3n) is 4.76. The maximum absolute atomic E-state index is 12.5. The molecule has 0 N–H and O–H groups in total. The van der Waals surface area contributed by atoms with Gasteiger partial charge in [-0.05, 0) is 31.2 Å². The number of benzene rings is 1. The van der Waals surface area contributed by atoms with Crippen molar-refractivity contribution in [2.75, 3.05) is 31.1 Å². The van der Waals surface area contributed by atoms with Crippen LogP contribution in [0, 0.1) is 6.92 Å². The van der Waals surface area contributed by atoms with Gasteiger partial charge >= 0.3 is 0 Å². The topological polar surface area (TPSA) is 62.2 Å². The van der Waals surface area contributed by atoms with Crippen LogP contribution in [0.2, 0.25) is 0 Å². The number of fused-ring (bicyclic) bond motifs is 1. The third-order valence-corrected chi connectivity index (χ3v) is 4.76. The van der Waals surface area contributed by atoms with E-state index < -0.39 is 0 Å². The first-order chi connectivity index (χ1) is 12.7. The zero-order valence-corrected chi connectivity index (χ0v) is 14.8. The van der Waals surface area contributed by atoms with Gasteiger partial charge in [-0.1, -0.05) is 17.7 Å². The largest absolute Gasteiger partial charge is 0.352 e. The van der Waals surface area contributed by atoms with Crippen LogP contribution in [0.25, 0.3) is 10.9 Å². The summed E-state index contributed by atoms with van der Waals surface area (Å²) in [5.74, 6) is 1.09. The number of carbonyl (C=O) groups is 1. The Bertz CT molecular complexity index is 920. The van der Waals surface area contributed by atoms with Crippen LogP contribution in [0.5, 0.6) is 0 Å². The number of aryl methyl sites for hydroxylation is 1. The molecule has 26 heavy (non-hydrogen) atoms. The Labute approximate surface area is 152 Å². The van der Waals surface area contributed by atoms with E-state index in [1.54, 1.807) is 12.5 Å². The first-order valence-corrected chi connectivity index (χ1v) is 8.85. The lowest BCUT2D eigenvalue weighted by atomic mass is 10.1. The number of piperazine rings is 1. The number of hydrogen-bond donors (Lipinski definition) is 0. The number of pyridine rings is 1. The van der Waals surface area contributed by atoms with Gasteiger partial charge in [0.15, 0.2) is 0 Å². The maximum Gasteiger partial charge on any atom is 0.228 e. The Morgan fingerprint density at radius 1 is 1.04 bits per heavy atom. The number of amides is 1. The van der Waals surface area contributed by atoms with E-state index >= 15 is 0 Å². The molecule has 6 nitrogen and oxygen atoms in total. The fourth-order valence-electron chi connectivity index (χ4n) is 3.35. The fraction of sp³-hybridized carbons (Fsp3) is 0.300. The zero-order chi connectivity index (χ0) is 17.9. The summed E-state index contributed by atoms with van der Waals surface area (Å²) in [6, 6.07) is 11.9. The summed E-state index contributed by atoms with van der Waals surface area (Å²) in [6.45, 7) is 5.01. The molecule has 132 valence electrons. The summed E-state index contributed by atoms with van der Waals surface area (Å²) in [5, 5.41) is 1.07. The van der Waals surface area contributed by atoms with Crippen molar-refractivity contribution in [3.8, 4) is 0 Å². The van der Waals surface area contributed by atoms with Crippen LogP contribution in [0.4, 0.5) is 5.82 Å². The summed E-state index contributed by atoms with van der Waals surface area (Å²) >= 11 is 0. The molecule has 0 radical (unpaired) electrons. The number of aromatic nitrogens is 3. The van der Waals surface area contributed by atoms with E-state index in [0.717, 1.165) is 35.5 Å². The molecular formula is C20H21N5O. The van der Waals surface area contributed by atoms with Gasteiger partial charge in [0.2, 0.25) is 5.91 Å². The predicted molar refractivity (Wildman–Crippen MR) is 101 cm³/mol. The van der Waals surface area contributed by atoms with E-state index in [1.807, 2.05) is 29.2 Å². The van der Waals surface area contributed by atoms with E-state index in [4.69, 9.17) is 0 Å². The van der Waals surface area contributed by atoms with E-state index in [0.29, 0.717) is 19.5 Å². The molecule has 0 unspecified atom stereocenters. The predicted octanol–water partition coefficient (Wildman–Crippen LogP) is 2.22. The van der Waals surface area contributed by atoms with Gasteiger partial charge in [-0.15, -0.1) is 0 Å². The van der Waals surface area contributed by atoms with Crippen LogP contribution in [0.15, 0.2) is 48.9 Å². The molecule has 0 aliphatic carbocycles. The summed E-state index contributed by atoms with van der Waals surface area (Å²) in [4.78, 5) is 29.8. The minimum absolute atomic E-state index is 0.131. The third kappa shape index (κ3) is 3.35. The van der Waals surface area contributed by atoms with Crippen molar-refractivity contribution in [3.63, 3.8) is 0 Å². The molecule has 2 aromatic heterocycles. The van der Waals surface area contributed by atoms with Crippen LogP contribution in [0.1, 0.15) is 11.3 Å². The highest BCUT2D eigenvalue weighted by Crippen LogP contribution is 2.24. The second-order valence-corrected chi connectivity index (χ2v) is 6.58. The highest BCUT2D eigenvalue weighted by atomic mass is 16.2. The molecule has 0 spiro atoms. The average molecular weight is 347 g/mol. The van der Waals surface area contributed by atoms with Crippen molar-refractivity contribution in [2.24, 2.45) is 0 Å². The number of carbonyl (C=O) groups excluding carboxylic acids is 1. The molecule has 6 heteroatoms. The van der Waals surface area contributed by atoms with Gasteiger partial charge in [-0.2, -0.15) is 0 Å². The second-order valence-electron chi connectivity index (χ2n) is 6.58. The lowest BCUT2D eigenvalue weighted by Gasteiger charge is -2.35. The first-order valence-electron chi connectivity index (χ1n) is 8.85. The molecule has 0 bridgehead atoms. The van der Waals surface area contributed by atoms with Gasteiger partial charge in [0.05, 0.1) is 11.9 Å². The summed E-state index contributed by atoms with van der Waals surface area (Å²) in [6.07, 6.45) is 3.70. The fourth-order valence-corrected chi connectivity index (χ4v) is 3.35. The molecule has 1 fully saturated rings. The lowest BCUT2D eigenvalue weighted by molar-refractivity contribution is -0.130. The van der Waals surface area contributed by atoms with Crippen LogP contribution >= 0.6 is 0 Å². The summed E-state index contributed by atoms with van der Waals surface area (Å²) in [7, 11) is 0. The van der Waals surface area contributed by atoms with Gasteiger partial charge < -0.3 is 9.80 Å². The van der Waals surface area contributed by atoms with Crippen molar-refractivity contribution in [3.05, 3.63) is 60.2 Å².